The Morgan fingerprint density at radius 1 is 1.17 bits per heavy atom. The summed E-state index contributed by atoms with van der Waals surface area (Å²) in [5.41, 5.74) is 3.80. The number of benzene rings is 2. The van der Waals surface area contributed by atoms with Crippen LogP contribution in [0.5, 0.6) is 0 Å². The maximum Gasteiger partial charge on any atom is 0.325 e. The molecule has 0 aliphatic carbocycles. The van der Waals surface area contributed by atoms with Crippen molar-refractivity contribution in [2.75, 3.05) is 11.4 Å². The molecule has 0 radical (unpaired) electrons. The van der Waals surface area contributed by atoms with Crippen molar-refractivity contribution in [2.24, 2.45) is 0 Å². The lowest BCUT2D eigenvalue weighted by Crippen LogP contribution is -2.41. The second-order valence-electron chi connectivity index (χ2n) is 8.01. The van der Waals surface area contributed by atoms with Gasteiger partial charge < -0.3 is 4.90 Å². The Morgan fingerprint density at radius 2 is 1.83 bits per heavy atom. The largest absolute Gasteiger partial charge is 0.325 e. The predicted molar refractivity (Wildman–Crippen MR) is 118 cm³/mol. The van der Waals surface area contributed by atoms with Crippen LogP contribution < -0.4 is 4.90 Å². The van der Waals surface area contributed by atoms with E-state index in [2.05, 4.69) is 6.58 Å². The van der Waals surface area contributed by atoms with Crippen LogP contribution in [0.4, 0.5) is 14.9 Å². The average molecular weight is 393 g/mol. The number of aryl methyl sites for hydroxylation is 1. The molecule has 1 aliphatic heterocycles. The lowest BCUT2D eigenvalue weighted by atomic mass is 10.0. The average Bonchev–Trinajstić information content (AvgIpc) is 2.94. The molecule has 0 saturated carbocycles. The van der Waals surface area contributed by atoms with Gasteiger partial charge in [0.2, 0.25) is 0 Å². The van der Waals surface area contributed by atoms with Gasteiger partial charge in [-0.25, -0.2) is 9.18 Å². The third-order valence-electron chi connectivity index (χ3n) is 5.65. The van der Waals surface area contributed by atoms with Crippen LogP contribution >= 0.6 is 0 Å². The third kappa shape index (κ3) is 3.98. The normalized spacial score (nSPS) is 16.4. The van der Waals surface area contributed by atoms with Gasteiger partial charge >= 0.3 is 6.03 Å². The van der Waals surface area contributed by atoms with Crippen molar-refractivity contribution in [3.63, 3.8) is 0 Å². The van der Waals surface area contributed by atoms with Crippen LogP contribution in [0, 0.1) is 5.82 Å². The number of carbonyl (C=O) groups excluding carboxylic acids is 1. The van der Waals surface area contributed by atoms with E-state index >= 15 is 0 Å². The van der Waals surface area contributed by atoms with E-state index in [1.807, 2.05) is 70.2 Å². The first-order chi connectivity index (χ1) is 13.8. The number of carbonyl (C=O) groups is 1. The summed E-state index contributed by atoms with van der Waals surface area (Å²) in [6.45, 7) is 12.6. The standard InChI is InChI=1S/C25H29FN2O/c1-6-18(7-2)20-12-14-22(15-13-20)27-17-25(4,5)28(24(27)29)16-21-11-9-10-19(8-3)23(21)26/h6-7,9-15H,1,8,16-17H2,2-5H3/b18-7+. The molecule has 1 heterocycles. The van der Waals surface area contributed by atoms with Gasteiger partial charge in [0.1, 0.15) is 5.82 Å². The molecule has 0 aromatic heterocycles. The molecule has 3 nitrogen and oxygen atoms in total. The molecule has 2 amide bonds. The monoisotopic (exact) mass is 392 g/mol. The molecule has 1 saturated heterocycles. The number of hydrogen-bond acceptors (Lipinski definition) is 1. The van der Waals surface area contributed by atoms with Crippen LogP contribution in [0.3, 0.4) is 0 Å². The van der Waals surface area contributed by atoms with Crippen molar-refractivity contribution < 1.29 is 9.18 Å². The summed E-state index contributed by atoms with van der Waals surface area (Å²) in [5.74, 6) is -0.204. The zero-order valence-corrected chi connectivity index (χ0v) is 17.7. The number of nitrogens with zero attached hydrogens (tertiary/aromatic N) is 2. The number of allylic oxidation sites excluding steroid dienone is 3. The van der Waals surface area contributed by atoms with E-state index < -0.39 is 5.54 Å². The molecule has 2 aromatic rings. The topological polar surface area (TPSA) is 23.6 Å². The molecule has 1 fully saturated rings. The Labute approximate surface area is 173 Å². The van der Waals surface area contributed by atoms with E-state index in [1.165, 1.54) is 0 Å². The van der Waals surface area contributed by atoms with Gasteiger partial charge in [-0.15, -0.1) is 0 Å². The highest BCUT2D eigenvalue weighted by Crippen LogP contribution is 2.33. The van der Waals surface area contributed by atoms with Gasteiger partial charge in [0, 0.05) is 11.3 Å². The summed E-state index contributed by atoms with van der Waals surface area (Å²) in [4.78, 5) is 16.8. The van der Waals surface area contributed by atoms with E-state index in [4.69, 9.17) is 0 Å². The molecular weight excluding hydrogens is 363 g/mol. The van der Waals surface area contributed by atoms with Gasteiger partial charge in [-0.3, -0.25) is 4.90 Å². The van der Waals surface area contributed by atoms with Crippen LogP contribution in [-0.2, 0) is 13.0 Å². The zero-order chi connectivity index (χ0) is 21.2. The van der Waals surface area contributed by atoms with Crippen LogP contribution in [0.1, 0.15) is 44.4 Å². The smallest absolute Gasteiger partial charge is 0.313 e. The highest BCUT2D eigenvalue weighted by Gasteiger charge is 2.43. The Balaban J connectivity index is 1.86. The number of amides is 2. The van der Waals surface area contributed by atoms with E-state index in [1.54, 1.807) is 21.9 Å². The minimum absolute atomic E-state index is 0.0981. The fourth-order valence-electron chi connectivity index (χ4n) is 3.86. The molecule has 4 heteroatoms. The van der Waals surface area contributed by atoms with Crippen LogP contribution in [-0.4, -0.2) is 23.0 Å². The van der Waals surface area contributed by atoms with Crippen LogP contribution in [0.15, 0.2) is 61.2 Å². The van der Waals surface area contributed by atoms with Gasteiger partial charge in [0.05, 0.1) is 18.6 Å². The fourth-order valence-corrected chi connectivity index (χ4v) is 3.86. The third-order valence-corrected chi connectivity index (χ3v) is 5.65. The van der Waals surface area contributed by atoms with Gasteiger partial charge in [-0.1, -0.05) is 56.0 Å². The highest BCUT2D eigenvalue weighted by molar-refractivity contribution is 5.95. The Morgan fingerprint density at radius 3 is 2.41 bits per heavy atom. The molecule has 0 bridgehead atoms. The molecule has 152 valence electrons. The minimum atomic E-state index is -0.403. The van der Waals surface area contributed by atoms with Crippen molar-refractivity contribution in [1.29, 1.82) is 0 Å². The molecule has 0 atom stereocenters. The Bertz CT molecular complexity index is 944. The fraction of sp³-hybridized carbons (Fsp3) is 0.320. The number of hydrogen-bond donors (Lipinski definition) is 0. The van der Waals surface area contributed by atoms with Crippen molar-refractivity contribution in [3.8, 4) is 0 Å². The van der Waals surface area contributed by atoms with Crippen LogP contribution in [0.25, 0.3) is 5.57 Å². The van der Waals surface area contributed by atoms with E-state index in [0.717, 1.165) is 16.8 Å². The summed E-state index contributed by atoms with van der Waals surface area (Å²) in [6.07, 6.45) is 4.46. The van der Waals surface area contributed by atoms with Crippen LogP contribution in [0.2, 0.25) is 0 Å². The first kappa shape index (κ1) is 20.8. The van der Waals surface area contributed by atoms with Crippen molar-refractivity contribution in [3.05, 3.63) is 83.7 Å². The number of anilines is 1. The van der Waals surface area contributed by atoms with E-state index in [-0.39, 0.29) is 18.4 Å². The highest BCUT2D eigenvalue weighted by atomic mass is 19.1. The molecule has 0 spiro atoms. The summed E-state index contributed by atoms with van der Waals surface area (Å²) >= 11 is 0. The number of halogens is 1. The predicted octanol–water partition coefficient (Wildman–Crippen LogP) is 6.20. The summed E-state index contributed by atoms with van der Waals surface area (Å²) in [6, 6.07) is 13.2. The van der Waals surface area contributed by atoms with Crippen molar-refractivity contribution >= 4 is 17.3 Å². The molecule has 0 N–H and O–H groups in total. The second kappa shape index (κ2) is 8.24. The maximum absolute atomic E-state index is 14.7. The Kier molecular flexibility index (Phi) is 5.92. The van der Waals surface area contributed by atoms with E-state index in [9.17, 15) is 9.18 Å². The summed E-state index contributed by atoms with van der Waals surface area (Å²) in [5, 5.41) is 0. The molecule has 29 heavy (non-hydrogen) atoms. The quantitative estimate of drug-likeness (QED) is 0.537. The summed E-state index contributed by atoms with van der Waals surface area (Å²) in [7, 11) is 0. The molecule has 2 aromatic carbocycles. The number of rotatable bonds is 6. The Hall–Kier alpha value is -2.88. The van der Waals surface area contributed by atoms with Crippen molar-refractivity contribution in [1.82, 2.24) is 4.90 Å². The zero-order valence-electron chi connectivity index (χ0n) is 17.7. The van der Waals surface area contributed by atoms with Gasteiger partial charge in [-0.2, -0.15) is 0 Å². The lowest BCUT2D eigenvalue weighted by molar-refractivity contribution is 0.171. The lowest BCUT2D eigenvalue weighted by Gasteiger charge is -2.29. The molecule has 1 aliphatic rings. The first-order valence-electron chi connectivity index (χ1n) is 10.1. The van der Waals surface area contributed by atoms with E-state index in [0.29, 0.717) is 24.1 Å². The van der Waals surface area contributed by atoms with Gasteiger partial charge in [0.25, 0.3) is 0 Å². The summed E-state index contributed by atoms with van der Waals surface area (Å²) < 4.78 is 14.7. The SMILES string of the molecule is C=C/C(=C\C)c1ccc(N2CC(C)(C)N(Cc3cccc(CC)c3F)C2=O)cc1. The second-order valence-corrected chi connectivity index (χ2v) is 8.01. The molecule has 0 unspecified atom stereocenters. The van der Waals surface area contributed by atoms with Gasteiger partial charge in [-0.05, 0) is 56.0 Å². The molecule has 3 rings (SSSR count). The minimum Gasteiger partial charge on any atom is -0.313 e. The molecular formula is C25H29FN2O. The number of urea groups is 1. The van der Waals surface area contributed by atoms with Crippen molar-refractivity contribution in [2.45, 2.75) is 46.2 Å². The first-order valence-corrected chi connectivity index (χ1v) is 10.1. The van der Waals surface area contributed by atoms with Gasteiger partial charge in [0.15, 0.2) is 0 Å². The maximum atomic E-state index is 14.7.